The molecule has 2 unspecified atom stereocenters. The number of anilines is 1. The van der Waals surface area contributed by atoms with E-state index in [0.29, 0.717) is 28.4 Å². The van der Waals surface area contributed by atoms with Gasteiger partial charge in [-0.1, -0.05) is 23.7 Å². The second kappa shape index (κ2) is 8.99. The normalized spacial score (nSPS) is 22.3. The topological polar surface area (TPSA) is 52.8 Å². The highest BCUT2D eigenvalue weighted by Crippen LogP contribution is 2.26. The number of nitrogen functional groups attached to an aromatic ring is 1. The number of nitrogens with two attached hydrogens (primary N) is 1. The molecule has 2 aromatic carbocycles. The van der Waals surface area contributed by atoms with Crippen LogP contribution in [0.15, 0.2) is 48.7 Å². The Labute approximate surface area is 187 Å². The molecule has 2 N–H and O–H groups in total. The van der Waals surface area contributed by atoms with Crippen molar-refractivity contribution in [3.8, 4) is 0 Å². The Morgan fingerprint density at radius 1 is 1.16 bits per heavy atom. The molecule has 0 aliphatic carbocycles. The van der Waals surface area contributed by atoms with E-state index in [4.69, 9.17) is 17.3 Å². The standard InChI is InChI=1S/C24H28ClFN4O/c1-16-9-21(23(27)10-22(16)25)24(31)7-8-29-14-19-12-28(2)13-20(15-29)30(19)11-17-3-5-18(26)6-4-17/h3-10,19-20H,11-15,27H2,1-2H3. The van der Waals surface area contributed by atoms with E-state index >= 15 is 0 Å². The van der Waals surface area contributed by atoms with Crippen LogP contribution in [0.4, 0.5) is 10.1 Å². The number of carbonyl (C=O) groups is 1. The molecule has 2 heterocycles. The number of fused-ring (bicyclic) bond motifs is 2. The number of benzene rings is 2. The second-order valence-electron chi connectivity index (χ2n) is 8.65. The molecule has 2 bridgehead atoms. The lowest BCUT2D eigenvalue weighted by atomic mass is 9.99. The van der Waals surface area contributed by atoms with E-state index in [-0.39, 0.29) is 11.6 Å². The number of aryl methyl sites for hydroxylation is 1. The van der Waals surface area contributed by atoms with E-state index in [9.17, 15) is 9.18 Å². The molecule has 31 heavy (non-hydrogen) atoms. The quantitative estimate of drug-likeness (QED) is 0.436. The van der Waals surface area contributed by atoms with Gasteiger partial charge in [0.2, 0.25) is 0 Å². The number of likely N-dealkylation sites (N-methyl/N-ethyl adjacent to an activating group) is 1. The van der Waals surface area contributed by atoms with Crippen LogP contribution in [0, 0.1) is 12.7 Å². The van der Waals surface area contributed by atoms with E-state index in [2.05, 4.69) is 21.7 Å². The average Bonchev–Trinajstić information content (AvgIpc) is 2.71. The zero-order chi connectivity index (χ0) is 22.1. The number of carbonyl (C=O) groups excluding carboxylic acids is 1. The Morgan fingerprint density at radius 3 is 2.45 bits per heavy atom. The van der Waals surface area contributed by atoms with Crippen molar-refractivity contribution in [3.05, 3.63) is 76.2 Å². The number of piperazine rings is 2. The fraction of sp³-hybridized carbons (Fsp3) is 0.375. The van der Waals surface area contributed by atoms with Gasteiger partial charge in [-0.2, -0.15) is 0 Å². The summed E-state index contributed by atoms with van der Waals surface area (Å²) in [5.41, 5.74) is 8.83. The van der Waals surface area contributed by atoms with Gasteiger partial charge in [0.05, 0.1) is 0 Å². The molecule has 0 spiro atoms. The number of halogens is 2. The first-order chi connectivity index (χ1) is 14.8. The Bertz CT molecular complexity index is 978. The summed E-state index contributed by atoms with van der Waals surface area (Å²) in [6.45, 7) is 6.25. The van der Waals surface area contributed by atoms with Crippen molar-refractivity contribution in [2.45, 2.75) is 25.6 Å². The highest BCUT2D eigenvalue weighted by atomic mass is 35.5. The van der Waals surface area contributed by atoms with Crippen molar-refractivity contribution in [3.63, 3.8) is 0 Å². The third-order valence-electron chi connectivity index (χ3n) is 6.18. The van der Waals surface area contributed by atoms with Crippen molar-refractivity contribution < 1.29 is 9.18 Å². The lowest BCUT2D eigenvalue weighted by Gasteiger charge is -2.52. The first-order valence-electron chi connectivity index (χ1n) is 10.5. The molecule has 2 aliphatic rings. The largest absolute Gasteiger partial charge is 0.398 e. The zero-order valence-corrected chi connectivity index (χ0v) is 18.6. The summed E-state index contributed by atoms with van der Waals surface area (Å²) in [4.78, 5) is 19.8. The van der Waals surface area contributed by atoms with Gasteiger partial charge >= 0.3 is 0 Å². The van der Waals surface area contributed by atoms with Gasteiger partial charge < -0.3 is 15.5 Å². The maximum atomic E-state index is 13.3. The van der Waals surface area contributed by atoms with Crippen LogP contribution in [0.25, 0.3) is 0 Å². The van der Waals surface area contributed by atoms with Crippen molar-refractivity contribution in [1.29, 1.82) is 0 Å². The van der Waals surface area contributed by atoms with Gasteiger partial charge in [-0.3, -0.25) is 9.69 Å². The van der Waals surface area contributed by atoms with Crippen LogP contribution >= 0.6 is 11.6 Å². The van der Waals surface area contributed by atoms with E-state index in [1.54, 1.807) is 18.2 Å². The van der Waals surface area contributed by atoms with Gasteiger partial charge in [0.25, 0.3) is 0 Å². The minimum Gasteiger partial charge on any atom is -0.398 e. The maximum Gasteiger partial charge on any atom is 0.189 e. The average molecular weight is 443 g/mol. The number of hydrogen-bond acceptors (Lipinski definition) is 5. The van der Waals surface area contributed by atoms with E-state index in [1.807, 2.05) is 25.3 Å². The Hall–Kier alpha value is -2.41. The number of hydrogen-bond donors (Lipinski definition) is 1. The molecule has 7 heteroatoms. The van der Waals surface area contributed by atoms with Gasteiger partial charge in [-0.25, -0.2) is 4.39 Å². The van der Waals surface area contributed by atoms with Crippen molar-refractivity contribution in [2.24, 2.45) is 0 Å². The van der Waals surface area contributed by atoms with Gasteiger partial charge in [0.15, 0.2) is 5.78 Å². The molecule has 0 radical (unpaired) electrons. The third-order valence-corrected chi connectivity index (χ3v) is 6.59. The fourth-order valence-electron chi connectivity index (χ4n) is 4.60. The number of nitrogens with zero attached hydrogens (tertiary/aromatic N) is 3. The highest BCUT2D eigenvalue weighted by molar-refractivity contribution is 6.32. The van der Waals surface area contributed by atoms with Crippen LogP contribution < -0.4 is 5.73 Å². The van der Waals surface area contributed by atoms with Crippen molar-refractivity contribution in [2.75, 3.05) is 39.0 Å². The summed E-state index contributed by atoms with van der Waals surface area (Å²) in [6, 6.07) is 10.8. The molecular weight excluding hydrogens is 415 g/mol. The smallest absolute Gasteiger partial charge is 0.189 e. The van der Waals surface area contributed by atoms with Gasteiger partial charge in [-0.05, 0) is 49.4 Å². The van der Waals surface area contributed by atoms with Gasteiger partial charge in [0.1, 0.15) is 5.82 Å². The Morgan fingerprint density at radius 2 is 1.81 bits per heavy atom. The third kappa shape index (κ3) is 4.92. The molecule has 0 saturated carbocycles. The van der Waals surface area contributed by atoms with Gasteiger partial charge in [0, 0.05) is 73.4 Å². The molecule has 2 saturated heterocycles. The molecule has 0 amide bonds. The molecule has 2 aliphatic heterocycles. The molecule has 2 aromatic rings. The first-order valence-corrected chi connectivity index (χ1v) is 10.9. The molecule has 5 nitrogen and oxygen atoms in total. The molecule has 2 fully saturated rings. The fourth-order valence-corrected chi connectivity index (χ4v) is 4.77. The first kappa shape index (κ1) is 21.8. The minimum absolute atomic E-state index is 0.117. The van der Waals surface area contributed by atoms with Crippen molar-refractivity contribution in [1.82, 2.24) is 14.7 Å². The molecule has 0 aromatic heterocycles. The number of ketones is 1. The van der Waals surface area contributed by atoms with Gasteiger partial charge in [-0.15, -0.1) is 0 Å². The van der Waals surface area contributed by atoms with Crippen LogP contribution in [0.5, 0.6) is 0 Å². The zero-order valence-electron chi connectivity index (χ0n) is 17.9. The van der Waals surface area contributed by atoms with E-state index in [1.165, 1.54) is 12.1 Å². The van der Waals surface area contributed by atoms with Crippen molar-refractivity contribution >= 4 is 23.1 Å². The predicted octanol–water partition coefficient (Wildman–Crippen LogP) is 3.57. The Balaban J connectivity index is 1.45. The van der Waals surface area contributed by atoms with Crippen LogP contribution in [-0.4, -0.2) is 65.8 Å². The number of allylic oxidation sites excluding steroid dienone is 1. The summed E-state index contributed by atoms with van der Waals surface area (Å²) >= 11 is 6.09. The van der Waals surface area contributed by atoms with Crippen LogP contribution in [0.2, 0.25) is 5.02 Å². The monoisotopic (exact) mass is 442 g/mol. The Kier molecular flexibility index (Phi) is 6.32. The maximum absolute atomic E-state index is 13.3. The highest BCUT2D eigenvalue weighted by Gasteiger charge is 2.38. The van der Waals surface area contributed by atoms with Crippen LogP contribution in [-0.2, 0) is 6.54 Å². The molecule has 4 rings (SSSR count). The minimum atomic E-state index is -0.209. The lowest BCUT2D eigenvalue weighted by Crippen LogP contribution is -2.66. The molecular formula is C24H28ClFN4O. The lowest BCUT2D eigenvalue weighted by molar-refractivity contribution is -0.0288. The summed E-state index contributed by atoms with van der Waals surface area (Å²) in [6.07, 6.45) is 3.50. The second-order valence-corrected chi connectivity index (χ2v) is 9.06. The van der Waals surface area contributed by atoms with Crippen LogP contribution in [0.3, 0.4) is 0 Å². The predicted molar refractivity (Wildman–Crippen MR) is 123 cm³/mol. The summed E-state index contributed by atoms with van der Waals surface area (Å²) < 4.78 is 13.3. The van der Waals surface area contributed by atoms with E-state index < -0.39 is 0 Å². The van der Waals surface area contributed by atoms with Crippen LogP contribution in [0.1, 0.15) is 21.5 Å². The summed E-state index contributed by atoms with van der Waals surface area (Å²) in [7, 11) is 2.15. The molecule has 164 valence electrons. The van der Waals surface area contributed by atoms with E-state index in [0.717, 1.165) is 43.9 Å². The summed E-state index contributed by atoms with van der Waals surface area (Å²) in [5, 5.41) is 0.562. The molecule has 2 atom stereocenters. The number of rotatable bonds is 5. The SMILES string of the molecule is Cc1cc(C(=O)C=CN2CC3CN(C)CC(C2)N3Cc2ccc(F)cc2)c(N)cc1Cl. The summed E-state index contributed by atoms with van der Waals surface area (Å²) in [5.74, 6) is -0.326.